The summed E-state index contributed by atoms with van der Waals surface area (Å²) >= 11 is 0. The van der Waals surface area contributed by atoms with E-state index in [1.165, 1.54) is 22.0 Å². The summed E-state index contributed by atoms with van der Waals surface area (Å²) in [5.41, 5.74) is 5.00. The summed E-state index contributed by atoms with van der Waals surface area (Å²) in [4.78, 5) is 10.2. The van der Waals surface area contributed by atoms with E-state index in [1.54, 1.807) is 7.11 Å². The van der Waals surface area contributed by atoms with Crippen LogP contribution in [0.4, 0.5) is 5.69 Å². The maximum absolute atomic E-state index is 5.52. The first kappa shape index (κ1) is 20.1. The summed E-state index contributed by atoms with van der Waals surface area (Å²) in [6.07, 6.45) is 4.14. The Morgan fingerprint density at radius 2 is 2.10 bits per heavy atom. The maximum atomic E-state index is 5.52. The number of benzene rings is 2. The number of ether oxygens (including phenoxy) is 1. The lowest BCUT2D eigenvalue weighted by molar-refractivity contribution is 0.415. The van der Waals surface area contributed by atoms with E-state index in [1.807, 2.05) is 19.2 Å². The third kappa shape index (κ3) is 4.22. The molecule has 0 spiro atoms. The Bertz CT molecular complexity index is 1030. The lowest BCUT2D eigenvalue weighted by Crippen LogP contribution is -2.45. The molecule has 30 heavy (non-hydrogen) atoms. The van der Waals surface area contributed by atoms with Crippen LogP contribution >= 0.6 is 0 Å². The van der Waals surface area contributed by atoms with E-state index in [0.717, 1.165) is 49.9 Å². The molecule has 1 unspecified atom stereocenters. The van der Waals surface area contributed by atoms with Crippen LogP contribution in [0.15, 0.2) is 53.7 Å². The van der Waals surface area contributed by atoms with Gasteiger partial charge in [-0.15, -0.1) is 0 Å². The standard InChI is InChI=1S/C24H31N5O/c1-17-7-6-8-20-18(15-27-23(17)20)11-13-26-24(25-2)28-19-12-14-29(16-19)21-9-4-5-10-22(21)30-3/h4-10,15,19,27H,11-14,16H2,1-3H3,(H2,25,26,28). The second-order valence-electron chi connectivity index (χ2n) is 7.81. The highest BCUT2D eigenvalue weighted by molar-refractivity contribution is 5.86. The Kier molecular flexibility index (Phi) is 6.12. The number of hydrogen-bond donors (Lipinski definition) is 3. The molecule has 6 nitrogen and oxygen atoms in total. The van der Waals surface area contributed by atoms with Crippen LogP contribution in [0.1, 0.15) is 17.5 Å². The van der Waals surface area contributed by atoms with E-state index in [9.17, 15) is 0 Å². The van der Waals surface area contributed by atoms with Gasteiger partial charge in [0.25, 0.3) is 0 Å². The molecule has 0 amide bonds. The number of fused-ring (bicyclic) bond motifs is 1. The minimum absolute atomic E-state index is 0.358. The zero-order valence-electron chi connectivity index (χ0n) is 18.0. The van der Waals surface area contributed by atoms with Crippen molar-refractivity contribution >= 4 is 22.5 Å². The largest absolute Gasteiger partial charge is 0.495 e. The zero-order valence-corrected chi connectivity index (χ0v) is 18.0. The highest BCUT2D eigenvalue weighted by atomic mass is 16.5. The number of aryl methyl sites for hydroxylation is 1. The first-order valence-electron chi connectivity index (χ1n) is 10.6. The van der Waals surface area contributed by atoms with Gasteiger partial charge in [0.2, 0.25) is 0 Å². The van der Waals surface area contributed by atoms with Crippen LogP contribution in [0.25, 0.3) is 10.9 Å². The van der Waals surface area contributed by atoms with Gasteiger partial charge in [0.15, 0.2) is 5.96 Å². The number of nitrogens with zero attached hydrogens (tertiary/aromatic N) is 2. The van der Waals surface area contributed by atoms with Gasteiger partial charge in [-0.05, 0) is 43.0 Å². The van der Waals surface area contributed by atoms with Gasteiger partial charge in [0.05, 0.1) is 12.8 Å². The Morgan fingerprint density at radius 1 is 1.23 bits per heavy atom. The van der Waals surface area contributed by atoms with E-state index in [0.29, 0.717) is 6.04 Å². The number of aromatic amines is 1. The molecular weight excluding hydrogens is 374 g/mol. The summed E-state index contributed by atoms with van der Waals surface area (Å²) in [7, 11) is 3.56. The number of hydrogen-bond acceptors (Lipinski definition) is 3. The highest BCUT2D eigenvalue weighted by Crippen LogP contribution is 2.30. The number of guanidine groups is 1. The third-order valence-electron chi connectivity index (χ3n) is 5.87. The molecule has 2 heterocycles. The quantitative estimate of drug-likeness (QED) is 0.434. The van der Waals surface area contributed by atoms with E-state index in [4.69, 9.17) is 4.74 Å². The number of nitrogens with one attached hydrogen (secondary N) is 3. The molecule has 1 fully saturated rings. The van der Waals surface area contributed by atoms with E-state index in [-0.39, 0.29) is 0 Å². The van der Waals surface area contributed by atoms with Gasteiger partial charge < -0.3 is 25.3 Å². The molecule has 1 aliphatic rings. The maximum Gasteiger partial charge on any atom is 0.191 e. The topological polar surface area (TPSA) is 64.7 Å². The molecule has 0 radical (unpaired) electrons. The first-order chi connectivity index (χ1) is 14.7. The second kappa shape index (κ2) is 9.11. The van der Waals surface area contributed by atoms with Crippen molar-refractivity contribution in [2.45, 2.75) is 25.8 Å². The van der Waals surface area contributed by atoms with Crippen LogP contribution in [0, 0.1) is 6.92 Å². The molecule has 4 rings (SSSR count). The second-order valence-corrected chi connectivity index (χ2v) is 7.81. The normalized spacial score (nSPS) is 16.8. The predicted molar refractivity (Wildman–Crippen MR) is 125 cm³/mol. The van der Waals surface area contributed by atoms with E-state index >= 15 is 0 Å². The summed E-state index contributed by atoms with van der Waals surface area (Å²) in [6.45, 7) is 4.92. The van der Waals surface area contributed by atoms with Crippen molar-refractivity contribution in [1.29, 1.82) is 0 Å². The van der Waals surface area contributed by atoms with Crippen LogP contribution in [0.5, 0.6) is 5.75 Å². The summed E-state index contributed by atoms with van der Waals surface area (Å²) < 4.78 is 5.52. The molecule has 1 saturated heterocycles. The molecule has 3 N–H and O–H groups in total. The summed E-state index contributed by atoms with van der Waals surface area (Å²) in [5.74, 6) is 1.78. The van der Waals surface area contributed by atoms with Gasteiger partial charge in [-0.25, -0.2) is 0 Å². The summed E-state index contributed by atoms with van der Waals surface area (Å²) in [6, 6.07) is 15.0. The fourth-order valence-corrected chi connectivity index (χ4v) is 4.26. The SMILES string of the molecule is CN=C(NCCc1c[nH]c2c(C)cccc12)NC1CCN(c2ccccc2OC)C1. The molecule has 6 heteroatoms. The number of anilines is 1. The van der Waals surface area contributed by atoms with Crippen molar-refractivity contribution in [1.82, 2.24) is 15.6 Å². The Morgan fingerprint density at radius 3 is 2.93 bits per heavy atom. The molecule has 3 aromatic rings. The van der Waals surface area contributed by atoms with Gasteiger partial charge in [-0.2, -0.15) is 0 Å². The highest BCUT2D eigenvalue weighted by Gasteiger charge is 2.25. The van der Waals surface area contributed by atoms with Crippen molar-refractivity contribution in [3.05, 3.63) is 59.8 Å². The van der Waals surface area contributed by atoms with Crippen LogP contribution in [-0.2, 0) is 6.42 Å². The molecule has 2 aromatic carbocycles. The summed E-state index contributed by atoms with van der Waals surface area (Å²) in [5, 5.41) is 8.36. The molecule has 1 aromatic heterocycles. The minimum atomic E-state index is 0.358. The van der Waals surface area contributed by atoms with Crippen LogP contribution in [0.2, 0.25) is 0 Å². The number of aromatic nitrogens is 1. The molecule has 0 saturated carbocycles. The average Bonchev–Trinajstić information content (AvgIpc) is 3.41. The van der Waals surface area contributed by atoms with Crippen molar-refractivity contribution in [2.24, 2.45) is 4.99 Å². The Labute approximate surface area is 178 Å². The Hall–Kier alpha value is -3.15. The number of H-pyrrole nitrogens is 1. The van der Waals surface area contributed by atoms with Crippen molar-refractivity contribution in [3.8, 4) is 5.75 Å². The van der Waals surface area contributed by atoms with Gasteiger partial charge in [-0.3, -0.25) is 4.99 Å². The van der Waals surface area contributed by atoms with Crippen LogP contribution < -0.4 is 20.3 Å². The fourth-order valence-electron chi connectivity index (χ4n) is 4.26. The molecule has 0 aliphatic carbocycles. The number of rotatable bonds is 6. The van der Waals surface area contributed by atoms with Gasteiger partial charge in [0.1, 0.15) is 5.75 Å². The van der Waals surface area contributed by atoms with E-state index < -0.39 is 0 Å². The van der Waals surface area contributed by atoms with Gasteiger partial charge >= 0.3 is 0 Å². The lowest BCUT2D eigenvalue weighted by atomic mass is 10.1. The number of aliphatic imine (C=N–C) groups is 1. The monoisotopic (exact) mass is 405 g/mol. The van der Waals surface area contributed by atoms with Crippen molar-refractivity contribution < 1.29 is 4.74 Å². The average molecular weight is 406 g/mol. The van der Waals surface area contributed by atoms with Gasteiger partial charge in [0, 0.05) is 49.8 Å². The van der Waals surface area contributed by atoms with Crippen molar-refractivity contribution in [3.63, 3.8) is 0 Å². The van der Waals surface area contributed by atoms with Gasteiger partial charge in [-0.1, -0.05) is 30.3 Å². The van der Waals surface area contributed by atoms with Crippen LogP contribution in [-0.4, -0.2) is 50.8 Å². The Balaban J connectivity index is 1.30. The van der Waals surface area contributed by atoms with Crippen molar-refractivity contribution in [2.75, 3.05) is 38.7 Å². The minimum Gasteiger partial charge on any atom is -0.495 e. The van der Waals surface area contributed by atoms with Crippen LogP contribution in [0.3, 0.4) is 0 Å². The molecule has 1 atom stereocenters. The number of methoxy groups -OCH3 is 1. The fraction of sp³-hybridized carbons (Fsp3) is 0.375. The molecule has 1 aliphatic heterocycles. The zero-order chi connectivity index (χ0) is 20.9. The third-order valence-corrected chi connectivity index (χ3v) is 5.87. The lowest BCUT2D eigenvalue weighted by Gasteiger charge is -2.22. The first-order valence-corrected chi connectivity index (χ1v) is 10.6. The molecular formula is C24H31N5O. The smallest absolute Gasteiger partial charge is 0.191 e. The predicted octanol–water partition coefficient (Wildman–Crippen LogP) is 3.47. The molecule has 0 bridgehead atoms. The number of para-hydroxylation sites is 3. The molecule has 158 valence electrons. The van der Waals surface area contributed by atoms with E-state index in [2.05, 4.69) is 69.0 Å².